The maximum absolute atomic E-state index is 13.2. The van der Waals surface area contributed by atoms with Gasteiger partial charge in [-0.2, -0.15) is 5.21 Å². The molecular weight excluding hydrogens is 472 g/mol. The molecule has 33 heavy (non-hydrogen) atoms. The van der Waals surface area contributed by atoms with E-state index < -0.39 is 29.8 Å². The van der Waals surface area contributed by atoms with Gasteiger partial charge in [-0.3, -0.25) is 0 Å². The first kappa shape index (κ1) is 24.0. The highest BCUT2D eigenvalue weighted by Crippen LogP contribution is 2.39. The number of tetrazole rings is 1. The Labute approximate surface area is 192 Å². The lowest BCUT2D eigenvalue weighted by Crippen LogP contribution is -2.38. The number of piperidine rings is 1. The van der Waals surface area contributed by atoms with Gasteiger partial charge in [-0.1, -0.05) is 0 Å². The Morgan fingerprint density at radius 3 is 2.52 bits per heavy atom. The third-order valence-corrected chi connectivity index (χ3v) is 8.80. The second kappa shape index (κ2) is 9.60. The number of sulfonamides is 2. The normalized spacial score (nSPS) is 20.4. The van der Waals surface area contributed by atoms with Gasteiger partial charge in [0, 0.05) is 38.0 Å². The minimum atomic E-state index is -4.50. The fourth-order valence-corrected chi connectivity index (χ4v) is 7.34. The zero-order valence-electron chi connectivity index (χ0n) is 17.9. The largest absolute Gasteiger partial charge is 0.396 e. The number of rotatable bonds is 8. The molecule has 0 aliphatic carbocycles. The Morgan fingerprint density at radius 1 is 1.18 bits per heavy atom. The summed E-state index contributed by atoms with van der Waals surface area (Å²) in [6.45, 7) is 2.41. The molecule has 1 aromatic carbocycles. The highest BCUT2D eigenvalue weighted by Gasteiger charge is 2.35. The Balaban J connectivity index is 1.83. The molecule has 4 rings (SSSR count). The highest BCUT2D eigenvalue weighted by atomic mass is 32.2. The molecule has 2 aliphatic rings. The van der Waals surface area contributed by atoms with Crippen molar-refractivity contribution in [1.82, 2.24) is 30.7 Å². The molecule has 6 N–H and O–H groups in total. The van der Waals surface area contributed by atoms with Crippen LogP contribution in [0.3, 0.4) is 0 Å². The quantitative estimate of drug-likeness (QED) is 0.292. The van der Waals surface area contributed by atoms with E-state index in [0.717, 1.165) is 12.8 Å². The van der Waals surface area contributed by atoms with Crippen LogP contribution in [0.25, 0.3) is 11.4 Å². The van der Waals surface area contributed by atoms with Crippen molar-refractivity contribution in [3.63, 3.8) is 0 Å². The molecule has 0 bridgehead atoms. The van der Waals surface area contributed by atoms with Crippen LogP contribution in [0.5, 0.6) is 0 Å². The number of benzene rings is 1. The average Bonchev–Trinajstić information content (AvgIpc) is 3.47. The molecule has 0 saturated carbocycles. The van der Waals surface area contributed by atoms with Crippen molar-refractivity contribution in [2.75, 3.05) is 37.7 Å². The van der Waals surface area contributed by atoms with Crippen LogP contribution < -0.4 is 20.1 Å². The van der Waals surface area contributed by atoms with Crippen molar-refractivity contribution in [2.24, 2.45) is 11.1 Å². The lowest BCUT2D eigenvalue weighted by Gasteiger charge is -2.35. The van der Waals surface area contributed by atoms with Crippen LogP contribution in [-0.2, 0) is 20.0 Å². The second-order valence-corrected chi connectivity index (χ2v) is 11.5. The van der Waals surface area contributed by atoms with Gasteiger partial charge >= 0.3 is 0 Å². The van der Waals surface area contributed by atoms with Crippen LogP contribution in [0.1, 0.15) is 25.7 Å². The molecule has 2 aromatic rings. The van der Waals surface area contributed by atoms with Gasteiger partial charge in [0.05, 0.1) is 5.56 Å². The first-order valence-corrected chi connectivity index (χ1v) is 13.8. The number of hydrogen-bond acceptors (Lipinski definition) is 10. The van der Waals surface area contributed by atoms with Gasteiger partial charge in [-0.15, -0.1) is 10.2 Å². The van der Waals surface area contributed by atoms with Gasteiger partial charge in [0.25, 0.3) is 0 Å². The maximum Gasteiger partial charge on any atom is 0.242 e. The van der Waals surface area contributed by atoms with Crippen LogP contribution in [0, 0.1) is 5.92 Å². The summed E-state index contributed by atoms with van der Waals surface area (Å²) >= 11 is 0. The second-order valence-electron chi connectivity index (χ2n) is 8.32. The number of primary sulfonamides is 1. The monoisotopic (exact) mass is 500 g/mol. The molecular formula is C18H28N8O5S2. The molecule has 1 aromatic heterocycles. The lowest BCUT2D eigenvalue weighted by molar-refractivity contribution is 0.240. The summed E-state index contributed by atoms with van der Waals surface area (Å²) in [5, 5.41) is 31.5. The lowest BCUT2D eigenvalue weighted by atomic mass is 9.93. The third-order valence-electron chi connectivity index (χ3n) is 6.12. The maximum atomic E-state index is 13.2. The zero-order chi connectivity index (χ0) is 23.6. The van der Waals surface area contributed by atoms with Crippen molar-refractivity contribution in [1.29, 1.82) is 0 Å². The SMILES string of the molecule is NS(=O)(=O)c1c(S(=O)(=O)N[C@@H]2CCNC2)ccc(N2CCC(CCO)CC2)c1-c1nn[nH]n1. The number of hydrogen-bond donors (Lipinski definition) is 5. The van der Waals surface area contributed by atoms with Gasteiger partial charge in [0.15, 0.2) is 0 Å². The number of nitrogens with one attached hydrogen (secondary N) is 3. The molecule has 13 nitrogen and oxygen atoms in total. The molecule has 182 valence electrons. The van der Waals surface area contributed by atoms with Crippen molar-refractivity contribution in [2.45, 2.75) is 41.5 Å². The third kappa shape index (κ3) is 5.17. The number of aromatic nitrogens is 4. The minimum absolute atomic E-state index is 0.000667. The molecule has 2 aliphatic heterocycles. The smallest absolute Gasteiger partial charge is 0.242 e. The van der Waals surface area contributed by atoms with E-state index >= 15 is 0 Å². The Morgan fingerprint density at radius 2 is 1.94 bits per heavy atom. The van der Waals surface area contributed by atoms with E-state index in [4.69, 9.17) is 5.14 Å². The number of anilines is 1. The Bertz CT molecular complexity index is 1170. The molecule has 15 heteroatoms. The van der Waals surface area contributed by atoms with Crippen LogP contribution in [0.15, 0.2) is 21.9 Å². The van der Waals surface area contributed by atoms with E-state index in [1.54, 1.807) is 6.07 Å². The fourth-order valence-electron chi connectivity index (χ4n) is 4.48. The van der Waals surface area contributed by atoms with E-state index in [0.29, 0.717) is 50.6 Å². The van der Waals surface area contributed by atoms with Gasteiger partial charge in [-0.25, -0.2) is 26.7 Å². The molecule has 0 amide bonds. The first-order valence-electron chi connectivity index (χ1n) is 10.7. The summed E-state index contributed by atoms with van der Waals surface area (Å²) in [4.78, 5) is 0.951. The number of aliphatic hydroxyl groups excluding tert-OH is 1. The first-order chi connectivity index (χ1) is 15.7. The van der Waals surface area contributed by atoms with Crippen molar-refractivity contribution in [3.8, 4) is 11.4 Å². The van der Waals surface area contributed by atoms with Gasteiger partial charge < -0.3 is 15.3 Å². The van der Waals surface area contributed by atoms with Gasteiger partial charge in [-0.05, 0) is 55.5 Å². The van der Waals surface area contributed by atoms with Crippen LogP contribution in [0.4, 0.5) is 5.69 Å². The molecule has 3 heterocycles. The molecule has 0 radical (unpaired) electrons. The van der Waals surface area contributed by atoms with E-state index in [1.807, 2.05) is 4.90 Å². The summed E-state index contributed by atoms with van der Waals surface area (Å²) in [6, 6.07) is 2.47. The number of nitrogens with zero attached hydrogens (tertiary/aromatic N) is 4. The Kier molecular flexibility index (Phi) is 6.97. The summed E-state index contributed by atoms with van der Waals surface area (Å²) in [7, 11) is -8.72. The Hall–Kier alpha value is -2.17. The zero-order valence-corrected chi connectivity index (χ0v) is 19.6. The van der Waals surface area contributed by atoms with E-state index in [-0.39, 0.29) is 24.0 Å². The minimum Gasteiger partial charge on any atom is -0.396 e. The number of H-pyrrole nitrogens is 1. The average molecular weight is 501 g/mol. The summed E-state index contributed by atoms with van der Waals surface area (Å²) < 4.78 is 54.5. The van der Waals surface area contributed by atoms with Gasteiger partial charge in [0.1, 0.15) is 9.79 Å². The fraction of sp³-hybridized carbons (Fsp3) is 0.611. The van der Waals surface area contributed by atoms with Crippen LogP contribution in [0.2, 0.25) is 0 Å². The molecule has 0 unspecified atom stereocenters. The highest BCUT2D eigenvalue weighted by molar-refractivity contribution is 7.92. The summed E-state index contributed by atoms with van der Waals surface area (Å²) in [6.07, 6.45) is 2.88. The van der Waals surface area contributed by atoms with E-state index in [9.17, 15) is 21.9 Å². The predicted octanol–water partition coefficient (Wildman–Crippen LogP) is -1.25. The standard InChI is InChI=1S/C18H28N8O5S2/c19-32(28,29)17-15(33(30,31)23-13-3-7-20-11-13)2-1-14(16(17)18-21-24-25-22-18)26-8-4-12(5-9-26)6-10-27/h1-2,12-13,20,23,27H,3-11H2,(H2,19,28,29)(H,21,22,24,25)/t13-/m1/s1. The molecule has 1 atom stereocenters. The van der Waals surface area contributed by atoms with Crippen LogP contribution >= 0.6 is 0 Å². The molecule has 2 saturated heterocycles. The van der Waals surface area contributed by atoms with Crippen LogP contribution in [-0.4, -0.2) is 81.4 Å². The van der Waals surface area contributed by atoms with Crippen molar-refractivity contribution < 1.29 is 21.9 Å². The predicted molar refractivity (Wildman–Crippen MR) is 119 cm³/mol. The molecule has 2 fully saturated rings. The molecule has 0 spiro atoms. The number of aromatic amines is 1. The number of aliphatic hydroxyl groups is 1. The number of nitrogens with two attached hydrogens (primary N) is 1. The van der Waals surface area contributed by atoms with E-state index in [2.05, 4.69) is 30.7 Å². The van der Waals surface area contributed by atoms with Crippen molar-refractivity contribution >= 4 is 25.7 Å². The topological polar surface area (TPSA) is 196 Å². The summed E-state index contributed by atoms with van der Waals surface area (Å²) in [5.41, 5.74) is 0.462. The van der Waals surface area contributed by atoms with Crippen molar-refractivity contribution in [3.05, 3.63) is 12.1 Å². The summed E-state index contributed by atoms with van der Waals surface area (Å²) in [5.74, 6) is 0.299. The van der Waals surface area contributed by atoms with E-state index in [1.165, 1.54) is 6.07 Å². The van der Waals surface area contributed by atoms with Gasteiger partial charge in [0.2, 0.25) is 25.9 Å².